The minimum atomic E-state index is -7.51. The van der Waals surface area contributed by atoms with Crippen LogP contribution in [0.25, 0.3) is 0 Å². The summed E-state index contributed by atoms with van der Waals surface area (Å²) in [5.74, 6) is -43.8. The number of amides is 1. The number of alkyl halides is 11. The Morgan fingerprint density at radius 3 is 1.50 bits per heavy atom. The van der Waals surface area contributed by atoms with Gasteiger partial charge in [0.15, 0.2) is 0 Å². The lowest BCUT2D eigenvalue weighted by Crippen LogP contribution is -2.86. The molecule has 17 heteroatoms. The largest absolute Gasteiger partial charge is 0.465 e. The van der Waals surface area contributed by atoms with Gasteiger partial charge in [0.05, 0.1) is 31.0 Å². The Morgan fingerprint density at radius 1 is 0.676 bits per heavy atom. The number of carbonyl (C=O) groups is 3. The second kappa shape index (κ2) is 7.69. The number of anilines is 1. The summed E-state index contributed by atoms with van der Waals surface area (Å²) in [5, 5.41) is 0.775. The maximum Gasteiger partial charge on any atom is 0.384 e. The van der Waals surface area contributed by atoms with Gasteiger partial charge in [0.25, 0.3) is 5.91 Å². The lowest BCUT2D eigenvalue weighted by molar-refractivity contribution is -0.475. The molecule has 1 aliphatic rings. The molecule has 0 heterocycles. The lowest BCUT2D eigenvalue weighted by Gasteiger charge is -2.51. The molecule has 1 fully saturated rings. The van der Waals surface area contributed by atoms with Gasteiger partial charge in [-0.3, -0.25) is 4.79 Å². The zero-order valence-corrected chi connectivity index (χ0v) is 16.4. The van der Waals surface area contributed by atoms with E-state index in [1.807, 2.05) is 0 Å². The molecule has 1 saturated carbocycles. The summed E-state index contributed by atoms with van der Waals surface area (Å²) in [6.45, 7) is 0. The molecule has 0 unspecified atom stereocenters. The molecule has 0 aromatic heterocycles. The number of hydrogen-bond acceptors (Lipinski definition) is 5. The molecule has 1 amide bonds. The monoisotopic (exact) mass is 517 g/mol. The van der Waals surface area contributed by atoms with Crippen molar-refractivity contribution in [3.63, 3.8) is 0 Å². The number of esters is 2. The fourth-order valence-corrected chi connectivity index (χ4v) is 2.90. The summed E-state index contributed by atoms with van der Waals surface area (Å²) in [5.41, 5.74) is -10.0. The van der Waals surface area contributed by atoms with Crippen LogP contribution >= 0.6 is 0 Å². The fourth-order valence-electron chi connectivity index (χ4n) is 2.90. The maximum atomic E-state index is 14.9. The highest BCUT2D eigenvalue weighted by Gasteiger charge is 3.02. The van der Waals surface area contributed by atoms with Crippen molar-refractivity contribution in [1.82, 2.24) is 0 Å². The van der Waals surface area contributed by atoms with Crippen LogP contribution in [0.15, 0.2) is 18.2 Å². The van der Waals surface area contributed by atoms with E-state index in [9.17, 15) is 62.7 Å². The fraction of sp³-hybridized carbons (Fsp3) is 0.471. The number of rotatable bonds is 4. The SMILES string of the molecule is COC(=O)c1ccc(C(=O)OC)c(NC(=O)C2(F)C(F)(F)C(F)(F)C(F)(F)C(F)(F)C2(F)F)c1. The smallest absolute Gasteiger partial charge is 0.384 e. The highest BCUT2D eigenvalue weighted by molar-refractivity contribution is 6.06. The molecule has 1 aromatic carbocycles. The Balaban J connectivity index is 2.76. The van der Waals surface area contributed by atoms with Gasteiger partial charge in [0, 0.05) is 0 Å². The van der Waals surface area contributed by atoms with E-state index in [1.54, 1.807) is 0 Å². The highest BCUT2D eigenvalue weighted by atomic mass is 19.4. The van der Waals surface area contributed by atoms with E-state index in [1.165, 1.54) is 0 Å². The number of hydrogen-bond donors (Lipinski definition) is 1. The zero-order valence-electron chi connectivity index (χ0n) is 16.4. The van der Waals surface area contributed by atoms with Crippen molar-refractivity contribution in [2.24, 2.45) is 0 Å². The third kappa shape index (κ3) is 3.04. The molecule has 1 aromatic rings. The summed E-state index contributed by atoms with van der Waals surface area (Å²) in [7, 11) is 1.48. The minimum Gasteiger partial charge on any atom is -0.465 e. The van der Waals surface area contributed by atoms with E-state index >= 15 is 0 Å². The van der Waals surface area contributed by atoms with Crippen LogP contribution in [0.4, 0.5) is 54.0 Å². The van der Waals surface area contributed by atoms with Gasteiger partial charge in [-0.1, -0.05) is 0 Å². The molecule has 6 nitrogen and oxygen atoms in total. The number of ether oxygens (including phenoxy) is 2. The molecular weight excluding hydrogens is 507 g/mol. The van der Waals surface area contributed by atoms with E-state index < -0.39 is 69.9 Å². The Labute approximate surface area is 181 Å². The predicted molar refractivity (Wildman–Crippen MR) is 86.3 cm³/mol. The number of carbonyl (C=O) groups excluding carboxylic acids is 3. The number of methoxy groups -OCH3 is 2. The molecule has 1 N–H and O–H groups in total. The quantitative estimate of drug-likeness (QED) is 0.481. The zero-order chi connectivity index (χ0) is 26.7. The summed E-state index contributed by atoms with van der Waals surface area (Å²) < 4.78 is 161. The standard InChI is InChI=1S/C17H10F11NO5/c1-33-9(30)6-3-4-7(10(31)34-2)8(5-6)29-11(32)12(18)13(19,20)15(23,24)17(27,28)16(25,26)14(12,21)22/h3-5H,1-2H3,(H,29,32). The van der Waals surface area contributed by atoms with Gasteiger partial charge in [-0.25, -0.2) is 14.0 Å². The van der Waals surface area contributed by atoms with Crippen molar-refractivity contribution in [3.05, 3.63) is 29.3 Å². The average molecular weight is 517 g/mol. The van der Waals surface area contributed by atoms with Crippen molar-refractivity contribution in [1.29, 1.82) is 0 Å². The molecule has 2 rings (SSSR count). The Kier molecular flexibility index (Phi) is 6.13. The third-order valence-electron chi connectivity index (χ3n) is 4.85. The van der Waals surface area contributed by atoms with E-state index in [4.69, 9.17) is 0 Å². The molecule has 0 spiro atoms. The molecule has 0 saturated heterocycles. The summed E-state index contributed by atoms with van der Waals surface area (Å²) >= 11 is 0. The minimum absolute atomic E-state index is 0.295. The third-order valence-corrected chi connectivity index (χ3v) is 4.85. The molecule has 190 valence electrons. The molecular formula is C17H10F11NO5. The van der Waals surface area contributed by atoms with Gasteiger partial charge in [-0.15, -0.1) is 0 Å². The molecule has 34 heavy (non-hydrogen) atoms. The molecule has 0 aliphatic heterocycles. The van der Waals surface area contributed by atoms with E-state index in [2.05, 4.69) is 9.47 Å². The van der Waals surface area contributed by atoms with Crippen LogP contribution < -0.4 is 5.32 Å². The number of halogens is 11. The van der Waals surface area contributed by atoms with Gasteiger partial charge < -0.3 is 14.8 Å². The van der Waals surface area contributed by atoms with Crippen LogP contribution in [0.2, 0.25) is 0 Å². The summed E-state index contributed by atoms with van der Waals surface area (Å²) in [6, 6.07) is 1.61. The first-order valence-corrected chi connectivity index (χ1v) is 8.40. The van der Waals surface area contributed by atoms with E-state index in [0.29, 0.717) is 19.2 Å². The van der Waals surface area contributed by atoms with Crippen LogP contribution in [0, 0.1) is 0 Å². The van der Waals surface area contributed by atoms with Crippen LogP contribution in [0.3, 0.4) is 0 Å². The van der Waals surface area contributed by atoms with Crippen LogP contribution in [0.1, 0.15) is 20.7 Å². The molecule has 0 radical (unpaired) electrons. The first-order chi connectivity index (χ1) is 15.2. The van der Waals surface area contributed by atoms with Crippen LogP contribution in [-0.4, -0.2) is 67.3 Å². The van der Waals surface area contributed by atoms with Crippen molar-refractivity contribution < 1.29 is 72.2 Å². The summed E-state index contributed by atoms with van der Waals surface area (Å²) in [6.07, 6.45) is 0. The Morgan fingerprint density at radius 2 is 1.09 bits per heavy atom. The van der Waals surface area contributed by atoms with Gasteiger partial charge in [-0.2, -0.15) is 43.9 Å². The topological polar surface area (TPSA) is 81.7 Å². The van der Waals surface area contributed by atoms with E-state index in [-0.39, 0.29) is 0 Å². The maximum absolute atomic E-state index is 14.9. The van der Waals surface area contributed by atoms with Gasteiger partial charge in [0.1, 0.15) is 0 Å². The second-order valence-electron chi connectivity index (χ2n) is 6.73. The highest BCUT2D eigenvalue weighted by Crippen LogP contribution is 2.69. The van der Waals surface area contributed by atoms with Crippen LogP contribution in [-0.2, 0) is 14.3 Å². The molecule has 0 bridgehead atoms. The second-order valence-corrected chi connectivity index (χ2v) is 6.73. The van der Waals surface area contributed by atoms with Crippen molar-refractivity contribution in [2.75, 3.05) is 19.5 Å². The van der Waals surface area contributed by atoms with Crippen molar-refractivity contribution >= 4 is 23.5 Å². The Bertz CT molecular complexity index is 1010. The Hall–Kier alpha value is -3.14. The van der Waals surface area contributed by atoms with Gasteiger partial charge in [0.2, 0.25) is 0 Å². The van der Waals surface area contributed by atoms with Gasteiger partial charge >= 0.3 is 47.2 Å². The average Bonchev–Trinajstić information content (AvgIpc) is 2.75. The van der Waals surface area contributed by atoms with Crippen LogP contribution in [0.5, 0.6) is 0 Å². The lowest BCUT2D eigenvalue weighted by atomic mass is 9.71. The van der Waals surface area contributed by atoms with Crippen molar-refractivity contribution in [3.8, 4) is 0 Å². The normalized spacial score (nSPS) is 22.9. The number of benzene rings is 1. The van der Waals surface area contributed by atoms with E-state index in [0.717, 1.165) is 18.5 Å². The molecule has 0 atom stereocenters. The summed E-state index contributed by atoms with van der Waals surface area (Å²) in [4.78, 5) is 35.4. The van der Waals surface area contributed by atoms with Gasteiger partial charge in [-0.05, 0) is 18.2 Å². The molecule has 1 aliphatic carbocycles. The predicted octanol–water partition coefficient (Wildman–Crippen LogP) is 4.10. The van der Waals surface area contributed by atoms with Crippen molar-refractivity contribution in [2.45, 2.75) is 35.3 Å². The first kappa shape index (κ1) is 27.1. The first-order valence-electron chi connectivity index (χ1n) is 8.40. The number of nitrogens with one attached hydrogen (secondary N) is 1.